The maximum atomic E-state index is 10.9. The lowest BCUT2D eigenvalue weighted by Gasteiger charge is -2.34. The van der Waals surface area contributed by atoms with Gasteiger partial charge in [-0.15, -0.1) is 0 Å². The molecule has 5 nitrogen and oxygen atoms in total. The van der Waals surface area contributed by atoms with Gasteiger partial charge in [-0.05, 0) is 18.3 Å². The van der Waals surface area contributed by atoms with Crippen LogP contribution in [0.1, 0.15) is 44.9 Å². The summed E-state index contributed by atoms with van der Waals surface area (Å²) in [5.74, 6) is -1.21. The van der Waals surface area contributed by atoms with Crippen LogP contribution in [0.15, 0.2) is 0 Å². The van der Waals surface area contributed by atoms with Crippen LogP contribution < -0.4 is 11.9 Å². The van der Waals surface area contributed by atoms with Gasteiger partial charge < -0.3 is 17.0 Å². The van der Waals surface area contributed by atoms with Gasteiger partial charge in [0.1, 0.15) is 0 Å². The normalized spacial score (nSPS) is 18.9. The standard InChI is InChI=1S/C10H17NO3.H3N/c11-8(12)6-10(7-9(13)14)4-2-1-3-5-10;/h1-7H2,(H2,11,12)(H,13,14);1H3. The van der Waals surface area contributed by atoms with Gasteiger partial charge in [0.25, 0.3) is 0 Å². The van der Waals surface area contributed by atoms with Crippen LogP contribution in [-0.2, 0) is 9.59 Å². The molecule has 0 aliphatic heterocycles. The van der Waals surface area contributed by atoms with E-state index in [2.05, 4.69) is 0 Å². The van der Waals surface area contributed by atoms with E-state index in [-0.39, 0.29) is 30.3 Å². The van der Waals surface area contributed by atoms with Crippen LogP contribution in [0.3, 0.4) is 0 Å². The number of primary amides is 1. The summed E-state index contributed by atoms with van der Waals surface area (Å²) in [6.45, 7) is 0. The Hall–Kier alpha value is -1.10. The fourth-order valence-electron chi connectivity index (χ4n) is 2.41. The third kappa shape index (κ3) is 4.29. The Morgan fingerprint density at radius 2 is 1.67 bits per heavy atom. The first kappa shape index (κ1) is 13.9. The van der Waals surface area contributed by atoms with E-state index >= 15 is 0 Å². The summed E-state index contributed by atoms with van der Waals surface area (Å²) in [5, 5.41) is 8.79. The molecule has 88 valence electrons. The first-order valence-electron chi connectivity index (χ1n) is 5.04. The van der Waals surface area contributed by atoms with E-state index in [1.165, 1.54) is 0 Å². The first-order chi connectivity index (χ1) is 6.54. The van der Waals surface area contributed by atoms with Crippen molar-refractivity contribution in [2.45, 2.75) is 44.9 Å². The largest absolute Gasteiger partial charge is 0.481 e. The number of carboxylic acid groups (broad SMARTS) is 1. The van der Waals surface area contributed by atoms with Crippen molar-refractivity contribution in [2.24, 2.45) is 11.1 Å². The molecule has 0 unspecified atom stereocenters. The molecule has 15 heavy (non-hydrogen) atoms. The van der Waals surface area contributed by atoms with Gasteiger partial charge in [0.2, 0.25) is 5.91 Å². The van der Waals surface area contributed by atoms with Crippen LogP contribution >= 0.6 is 0 Å². The van der Waals surface area contributed by atoms with Crippen molar-refractivity contribution in [3.8, 4) is 0 Å². The van der Waals surface area contributed by atoms with E-state index in [9.17, 15) is 9.59 Å². The van der Waals surface area contributed by atoms with Crippen LogP contribution in [0, 0.1) is 5.41 Å². The van der Waals surface area contributed by atoms with Crippen LogP contribution in [0.25, 0.3) is 0 Å². The average molecular weight is 216 g/mol. The molecule has 0 bridgehead atoms. The van der Waals surface area contributed by atoms with Gasteiger partial charge in [-0.1, -0.05) is 19.3 Å². The molecule has 1 saturated carbocycles. The minimum atomic E-state index is -0.826. The predicted octanol–water partition coefficient (Wildman–Crippen LogP) is 1.45. The van der Waals surface area contributed by atoms with Gasteiger partial charge in [0.05, 0.1) is 6.42 Å². The van der Waals surface area contributed by atoms with Crippen LogP contribution in [0.4, 0.5) is 0 Å². The lowest BCUT2D eigenvalue weighted by Crippen LogP contribution is -2.32. The fraction of sp³-hybridized carbons (Fsp3) is 0.800. The number of hydrogen-bond donors (Lipinski definition) is 3. The summed E-state index contributed by atoms with van der Waals surface area (Å²) in [5.41, 5.74) is 4.80. The van der Waals surface area contributed by atoms with Crippen molar-refractivity contribution in [3.05, 3.63) is 0 Å². The second-order valence-electron chi connectivity index (χ2n) is 4.27. The smallest absolute Gasteiger partial charge is 0.303 e. The molecule has 0 spiro atoms. The predicted molar refractivity (Wildman–Crippen MR) is 56.6 cm³/mol. The molecule has 0 atom stereocenters. The van der Waals surface area contributed by atoms with E-state index in [4.69, 9.17) is 10.8 Å². The number of amides is 1. The Balaban J connectivity index is 0.00000196. The Bertz CT molecular complexity index is 217. The van der Waals surface area contributed by atoms with Crippen molar-refractivity contribution in [1.29, 1.82) is 0 Å². The first-order valence-corrected chi connectivity index (χ1v) is 5.04. The lowest BCUT2D eigenvalue weighted by molar-refractivity contribution is -0.141. The van der Waals surface area contributed by atoms with Crippen molar-refractivity contribution >= 4 is 11.9 Å². The quantitative estimate of drug-likeness (QED) is 0.659. The average Bonchev–Trinajstić information content (AvgIpc) is 2.01. The third-order valence-corrected chi connectivity index (χ3v) is 2.99. The highest BCUT2D eigenvalue weighted by Gasteiger charge is 2.35. The number of carboxylic acids is 1. The van der Waals surface area contributed by atoms with E-state index in [1.54, 1.807) is 0 Å². The Morgan fingerprint density at radius 1 is 1.13 bits per heavy atom. The highest BCUT2D eigenvalue weighted by atomic mass is 16.4. The summed E-state index contributed by atoms with van der Waals surface area (Å²) in [6.07, 6.45) is 5.11. The Labute approximate surface area is 89.6 Å². The van der Waals surface area contributed by atoms with E-state index in [0.29, 0.717) is 0 Å². The topological polar surface area (TPSA) is 115 Å². The number of carbonyl (C=O) groups is 2. The molecule has 0 saturated heterocycles. The number of nitrogens with two attached hydrogens (primary N) is 1. The fourth-order valence-corrected chi connectivity index (χ4v) is 2.41. The summed E-state index contributed by atoms with van der Waals surface area (Å²) in [4.78, 5) is 21.6. The van der Waals surface area contributed by atoms with E-state index < -0.39 is 5.97 Å². The maximum absolute atomic E-state index is 10.9. The Morgan fingerprint density at radius 3 is 2.07 bits per heavy atom. The molecule has 0 radical (unpaired) electrons. The van der Waals surface area contributed by atoms with Gasteiger partial charge in [0, 0.05) is 6.42 Å². The zero-order valence-electron chi connectivity index (χ0n) is 9.00. The summed E-state index contributed by atoms with van der Waals surface area (Å²) in [6, 6.07) is 0. The molecule has 1 amide bonds. The molecular weight excluding hydrogens is 196 g/mol. The molecular formula is C10H20N2O3. The third-order valence-electron chi connectivity index (χ3n) is 2.99. The molecule has 6 N–H and O–H groups in total. The second-order valence-corrected chi connectivity index (χ2v) is 4.27. The molecule has 0 aromatic carbocycles. The zero-order chi connectivity index (χ0) is 10.6. The van der Waals surface area contributed by atoms with Gasteiger partial charge in [-0.25, -0.2) is 0 Å². The van der Waals surface area contributed by atoms with Crippen LogP contribution in [0.2, 0.25) is 0 Å². The number of aliphatic carboxylic acids is 1. The highest BCUT2D eigenvalue weighted by Crippen LogP contribution is 2.41. The number of carbonyl (C=O) groups excluding carboxylic acids is 1. The van der Waals surface area contributed by atoms with Gasteiger partial charge in [-0.2, -0.15) is 0 Å². The maximum Gasteiger partial charge on any atom is 0.303 e. The van der Waals surface area contributed by atoms with Gasteiger partial charge in [-0.3, -0.25) is 9.59 Å². The van der Waals surface area contributed by atoms with Gasteiger partial charge >= 0.3 is 5.97 Å². The monoisotopic (exact) mass is 216 g/mol. The number of rotatable bonds is 4. The van der Waals surface area contributed by atoms with Crippen LogP contribution in [-0.4, -0.2) is 17.0 Å². The minimum Gasteiger partial charge on any atom is -0.481 e. The Kier molecular flexibility index (Phi) is 5.28. The van der Waals surface area contributed by atoms with Crippen molar-refractivity contribution in [2.75, 3.05) is 0 Å². The minimum absolute atomic E-state index is 0. The highest BCUT2D eigenvalue weighted by molar-refractivity contribution is 5.76. The summed E-state index contributed by atoms with van der Waals surface area (Å²) >= 11 is 0. The molecule has 1 fully saturated rings. The van der Waals surface area contributed by atoms with E-state index in [0.717, 1.165) is 32.1 Å². The van der Waals surface area contributed by atoms with Gasteiger partial charge in [0.15, 0.2) is 0 Å². The van der Waals surface area contributed by atoms with Crippen molar-refractivity contribution in [1.82, 2.24) is 6.15 Å². The zero-order valence-corrected chi connectivity index (χ0v) is 9.00. The SMILES string of the molecule is N.NC(=O)CC1(CC(=O)O)CCCCC1. The molecule has 0 aromatic heterocycles. The molecule has 1 rings (SSSR count). The van der Waals surface area contributed by atoms with E-state index in [1.807, 2.05) is 0 Å². The molecule has 1 aliphatic carbocycles. The molecule has 0 heterocycles. The van der Waals surface area contributed by atoms with Crippen LogP contribution in [0.5, 0.6) is 0 Å². The number of hydrogen-bond acceptors (Lipinski definition) is 3. The summed E-state index contributed by atoms with van der Waals surface area (Å²) < 4.78 is 0. The second kappa shape index (κ2) is 5.70. The molecule has 0 aromatic rings. The molecule has 1 aliphatic rings. The summed E-state index contributed by atoms with van der Waals surface area (Å²) in [7, 11) is 0. The van der Waals surface area contributed by atoms with Crippen molar-refractivity contribution in [3.63, 3.8) is 0 Å². The van der Waals surface area contributed by atoms with Crippen molar-refractivity contribution < 1.29 is 14.7 Å². The lowest BCUT2D eigenvalue weighted by atomic mass is 9.69. The molecule has 5 heteroatoms.